The van der Waals surface area contributed by atoms with Gasteiger partial charge < -0.3 is 0 Å². The van der Waals surface area contributed by atoms with E-state index in [9.17, 15) is 8.42 Å². The first-order valence-electron chi connectivity index (χ1n) is 7.06. The lowest BCUT2D eigenvalue weighted by atomic mass is 9.91. The molecule has 1 aliphatic rings. The molecule has 0 atom stereocenters. The van der Waals surface area contributed by atoms with E-state index >= 15 is 0 Å². The number of anilines is 1. The van der Waals surface area contributed by atoms with Crippen molar-refractivity contribution in [3.8, 4) is 0 Å². The average molecular weight is 302 g/mol. The number of fused-ring (bicyclic) bond motifs is 1. The Morgan fingerprint density at radius 1 is 0.905 bits per heavy atom. The predicted octanol–water partition coefficient (Wildman–Crippen LogP) is 2.63. The van der Waals surface area contributed by atoms with Crippen molar-refractivity contribution in [1.82, 2.24) is 0 Å². The minimum absolute atomic E-state index is 0.199. The summed E-state index contributed by atoms with van der Waals surface area (Å²) in [6.07, 6.45) is 4.39. The highest BCUT2D eigenvalue weighted by atomic mass is 32.2. The van der Waals surface area contributed by atoms with E-state index < -0.39 is 10.0 Å². The van der Waals surface area contributed by atoms with Crippen LogP contribution >= 0.6 is 0 Å². The lowest BCUT2D eigenvalue weighted by Gasteiger charge is -2.22. The molecule has 2 aromatic carbocycles. The normalized spacial score (nSPS) is 14.5. The third-order valence-electron chi connectivity index (χ3n) is 3.89. The molecule has 0 saturated heterocycles. The van der Waals surface area contributed by atoms with Gasteiger partial charge >= 0.3 is 0 Å². The maximum Gasteiger partial charge on any atom is 0.277 e. The van der Waals surface area contributed by atoms with Gasteiger partial charge in [0.15, 0.2) is 0 Å². The first-order chi connectivity index (χ1) is 10.1. The van der Waals surface area contributed by atoms with Crippen LogP contribution in [0.4, 0.5) is 5.69 Å². The summed E-state index contributed by atoms with van der Waals surface area (Å²) in [5.41, 5.74) is 3.02. The van der Waals surface area contributed by atoms with E-state index in [4.69, 9.17) is 5.84 Å². The lowest BCUT2D eigenvalue weighted by molar-refractivity contribution is 0.592. The first kappa shape index (κ1) is 14.1. The van der Waals surface area contributed by atoms with Crippen LogP contribution in [0.15, 0.2) is 53.4 Å². The molecule has 21 heavy (non-hydrogen) atoms. The minimum Gasteiger partial charge on any atom is -0.233 e. The largest absolute Gasteiger partial charge is 0.277 e. The molecule has 1 aliphatic carbocycles. The maximum atomic E-state index is 12.5. The zero-order chi connectivity index (χ0) is 14.9. The molecule has 4 nitrogen and oxygen atoms in total. The number of nitrogens with two attached hydrogens (primary N) is 1. The molecule has 0 unspecified atom stereocenters. The number of hydrazine groups is 1. The summed E-state index contributed by atoms with van der Waals surface area (Å²) in [6.45, 7) is 0. The van der Waals surface area contributed by atoms with E-state index in [0.717, 1.165) is 23.7 Å². The number of rotatable bonds is 3. The van der Waals surface area contributed by atoms with Crippen LogP contribution in [0.1, 0.15) is 24.0 Å². The summed E-state index contributed by atoms with van der Waals surface area (Å²) in [4.78, 5) is 0.199. The quantitative estimate of drug-likeness (QED) is 0.700. The lowest BCUT2D eigenvalue weighted by Crippen LogP contribution is -2.37. The van der Waals surface area contributed by atoms with Gasteiger partial charge in [-0.15, -0.1) is 0 Å². The molecular weight excluding hydrogens is 284 g/mol. The minimum atomic E-state index is -3.71. The van der Waals surface area contributed by atoms with Crippen molar-refractivity contribution in [2.24, 2.45) is 5.84 Å². The van der Waals surface area contributed by atoms with Crippen molar-refractivity contribution in [2.45, 2.75) is 30.6 Å². The van der Waals surface area contributed by atoms with Gasteiger partial charge in [0.1, 0.15) is 0 Å². The number of aryl methyl sites for hydroxylation is 2. The molecule has 0 fully saturated rings. The zero-order valence-corrected chi connectivity index (χ0v) is 12.5. The highest BCUT2D eigenvalue weighted by molar-refractivity contribution is 7.92. The van der Waals surface area contributed by atoms with E-state index in [1.165, 1.54) is 17.5 Å². The fraction of sp³-hybridized carbons (Fsp3) is 0.250. The molecule has 2 aromatic rings. The molecule has 0 bridgehead atoms. The molecule has 0 spiro atoms. The molecule has 0 aromatic heterocycles. The Labute approximate surface area is 125 Å². The number of hydrogen-bond acceptors (Lipinski definition) is 3. The second-order valence-corrected chi connectivity index (χ2v) is 7.09. The fourth-order valence-corrected chi connectivity index (χ4v) is 3.82. The second-order valence-electron chi connectivity index (χ2n) is 5.27. The van der Waals surface area contributed by atoms with Gasteiger partial charge in [-0.25, -0.2) is 10.3 Å². The number of hydrogen-bond donors (Lipinski definition) is 1. The van der Waals surface area contributed by atoms with Crippen molar-refractivity contribution < 1.29 is 8.42 Å². The molecule has 0 aliphatic heterocycles. The van der Waals surface area contributed by atoms with Crippen molar-refractivity contribution in [2.75, 3.05) is 4.41 Å². The molecular formula is C16H18N2O2S. The summed E-state index contributed by atoms with van der Waals surface area (Å²) in [6, 6.07) is 13.9. The van der Waals surface area contributed by atoms with Crippen LogP contribution in [-0.2, 0) is 22.9 Å². The van der Waals surface area contributed by atoms with Crippen LogP contribution < -0.4 is 10.3 Å². The van der Waals surface area contributed by atoms with Crippen molar-refractivity contribution in [3.05, 3.63) is 59.7 Å². The molecule has 0 amide bonds. The topological polar surface area (TPSA) is 63.4 Å². The summed E-state index contributed by atoms with van der Waals surface area (Å²) in [5.74, 6) is 5.88. The monoisotopic (exact) mass is 302 g/mol. The van der Waals surface area contributed by atoms with Gasteiger partial charge in [0, 0.05) is 0 Å². The average Bonchev–Trinajstić information content (AvgIpc) is 2.54. The molecule has 0 heterocycles. The Balaban J connectivity index is 1.97. The molecule has 3 rings (SSSR count). The van der Waals surface area contributed by atoms with E-state index in [-0.39, 0.29) is 4.90 Å². The summed E-state index contributed by atoms with van der Waals surface area (Å²) >= 11 is 0. The third kappa shape index (κ3) is 2.66. The molecule has 0 saturated carbocycles. The van der Waals surface area contributed by atoms with Gasteiger partial charge in [-0.3, -0.25) is 0 Å². The number of nitrogens with zero attached hydrogens (tertiary/aromatic N) is 1. The SMILES string of the molecule is NN(c1ccc2c(c1)CCCC2)S(=O)(=O)c1ccccc1. The third-order valence-corrected chi connectivity index (χ3v) is 5.48. The van der Waals surface area contributed by atoms with Gasteiger partial charge in [0.2, 0.25) is 0 Å². The van der Waals surface area contributed by atoms with Gasteiger partial charge in [0.25, 0.3) is 10.0 Å². The van der Waals surface area contributed by atoms with E-state index in [2.05, 4.69) is 0 Å². The molecule has 2 N–H and O–H groups in total. The highest BCUT2D eigenvalue weighted by Gasteiger charge is 2.22. The van der Waals surface area contributed by atoms with Crippen LogP contribution in [0.3, 0.4) is 0 Å². The smallest absolute Gasteiger partial charge is 0.233 e. The molecule has 5 heteroatoms. The zero-order valence-electron chi connectivity index (χ0n) is 11.7. The highest BCUT2D eigenvalue weighted by Crippen LogP contribution is 2.27. The van der Waals surface area contributed by atoms with E-state index in [0.29, 0.717) is 5.69 Å². The predicted molar refractivity (Wildman–Crippen MR) is 83.4 cm³/mol. The van der Waals surface area contributed by atoms with E-state index in [1.807, 2.05) is 12.1 Å². The van der Waals surface area contributed by atoms with Crippen LogP contribution in [0.25, 0.3) is 0 Å². The Morgan fingerprint density at radius 2 is 1.57 bits per heavy atom. The number of sulfonamides is 1. The summed E-state index contributed by atoms with van der Waals surface area (Å²) < 4.78 is 25.9. The van der Waals surface area contributed by atoms with Gasteiger partial charge in [-0.05, 0) is 61.1 Å². The first-order valence-corrected chi connectivity index (χ1v) is 8.50. The standard InChI is InChI=1S/C16H18N2O2S/c17-18(21(19,20)16-8-2-1-3-9-16)15-11-10-13-6-4-5-7-14(13)12-15/h1-3,8-12H,4-7,17H2. The van der Waals surface area contributed by atoms with Crippen molar-refractivity contribution in [1.29, 1.82) is 0 Å². The van der Waals surface area contributed by atoms with Crippen LogP contribution in [0, 0.1) is 0 Å². The fourth-order valence-electron chi connectivity index (χ4n) is 2.70. The summed E-state index contributed by atoms with van der Waals surface area (Å²) in [7, 11) is -3.71. The van der Waals surface area contributed by atoms with Crippen molar-refractivity contribution in [3.63, 3.8) is 0 Å². The Bertz CT molecular complexity index is 742. The second kappa shape index (κ2) is 5.50. The van der Waals surface area contributed by atoms with Crippen LogP contribution in [0.2, 0.25) is 0 Å². The maximum absolute atomic E-state index is 12.5. The summed E-state index contributed by atoms with van der Waals surface area (Å²) in [5, 5.41) is 0. The van der Waals surface area contributed by atoms with Gasteiger partial charge in [0.05, 0.1) is 10.6 Å². The Kier molecular flexibility index (Phi) is 3.69. The molecule has 0 radical (unpaired) electrons. The Morgan fingerprint density at radius 3 is 2.29 bits per heavy atom. The van der Waals surface area contributed by atoms with Gasteiger partial charge in [-0.2, -0.15) is 8.42 Å². The van der Waals surface area contributed by atoms with Crippen LogP contribution in [-0.4, -0.2) is 8.42 Å². The Hall–Kier alpha value is -1.85. The van der Waals surface area contributed by atoms with E-state index in [1.54, 1.807) is 36.4 Å². The van der Waals surface area contributed by atoms with Crippen molar-refractivity contribution >= 4 is 15.7 Å². The van der Waals surface area contributed by atoms with Gasteiger partial charge in [-0.1, -0.05) is 24.3 Å². The number of benzene rings is 2. The van der Waals surface area contributed by atoms with Crippen LogP contribution in [0.5, 0.6) is 0 Å². The molecule has 110 valence electrons.